The van der Waals surface area contributed by atoms with Gasteiger partial charge in [-0.2, -0.15) is 5.10 Å². The molecule has 4 N–H and O–H groups in total. The first kappa shape index (κ1) is 26.5. The van der Waals surface area contributed by atoms with Crippen LogP contribution in [0.1, 0.15) is 44.9 Å². The second-order valence-electron chi connectivity index (χ2n) is 10.4. The first-order chi connectivity index (χ1) is 17.4. The molecule has 0 atom stereocenters. The Morgan fingerprint density at radius 1 is 1.22 bits per heavy atom. The molecule has 0 radical (unpaired) electrons. The third-order valence-corrected chi connectivity index (χ3v) is 9.36. The summed E-state index contributed by atoms with van der Waals surface area (Å²) < 4.78 is 32.4. The average Bonchev–Trinajstić information content (AvgIpc) is 3.18. The topological polar surface area (TPSA) is 161 Å². The molecule has 0 bridgehead atoms. The van der Waals surface area contributed by atoms with E-state index in [2.05, 4.69) is 25.5 Å². The number of aryl methyl sites for hydroxylation is 1. The molecule has 2 aromatic heterocycles. The van der Waals surface area contributed by atoms with Crippen molar-refractivity contribution in [2.75, 3.05) is 25.0 Å². The average molecular weight is 527 g/mol. The molecule has 1 saturated heterocycles. The van der Waals surface area contributed by atoms with Gasteiger partial charge < -0.3 is 20.4 Å². The van der Waals surface area contributed by atoms with Crippen LogP contribution in [0.3, 0.4) is 0 Å². The number of rotatable bonds is 7. The van der Waals surface area contributed by atoms with E-state index >= 15 is 0 Å². The van der Waals surface area contributed by atoms with Gasteiger partial charge in [0.15, 0.2) is 15.7 Å². The summed E-state index contributed by atoms with van der Waals surface area (Å²) in [5.41, 5.74) is 2.42. The van der Waals surface area contributed by atoms with Gasteiger partial charge in [-0.1, -0.05) is 0 Å². The molecule has 1 aliphatic rings. The van der Waals surface area contributed by atoms with Crippen LogP contribution < -0.4 is 10.1 Å². The van der Waals surface area contributed by atoms with E-state index in [0.29, 0.717) is 42.2 Å². The van der Waals surface area contributed by atoms with E-state index in [4.69, 9.17) is 15.6 Å². The Hall–Kier alpha value is -3.54. The van der Waals surface area contributed by atoms with Gasteiger partial charge in [0.2, 0.25) is 0 Å². The second kappa shape index (κ2) is 10.1. The third kappa shape index (κ3) is 5.29. The van der Waals surface area contributed by atoms with E-state index < -0.39 is 14.6 Å². The van der Waals surface area contributed by atoms with Gasteiger partial charge >= 0.3 is 0 Å². The highest BCUT2D eigenvalue weighted by Crippen LogP contribution is 2.37. The minimum Gasteiger partial charge on any atom is -0.492 e. The number of hydrogen-bond acceptors (Lipinski definition) is 9. The van der Waals surface area contributed by atoms with Crippen LogP contribution in [0.5, 0.6) is 5.75 Å². The number of fused-ring (bicyclic) bond motifs is 1. The molecule has 37 heavy (non-hydrogen) atoms. The Kier molecular flexibility index (Phi) is 7.22. The van der Waals surface area contributed by atoms with Gasteiger partial charge in [0.1, 0.15) is 28.6 Å². The molecule has 3 heterocycles. The van der Waals surface area contributed by atoms with Crippen molar-refractivity contribution in [1.29, 1.82) is 10.8 Å². The summed E-state index contributed by atoms with van der Waals surface area (Å²) in [6.07, 6.45) is 4.07. The molecule has 0 unspecified atom stereocenters. The van der Waals surface area contributed by atoms with E-state index in [9.17, 15) is 8.42 Å². The monoisotopic (exact) mass is 526 g/mol. The molecule has 4 rings (SSSR count). The van der Waals surface area contributed by atoms with E-state index in [1.165, 1.54) is 6.33 Å². The SMILES string of the molecule is Cc1[nH]nc(Nc2ncnc3cc(OCC4CCN(C(=N)C=N)CC4)c(S(=O)(=O)C(C)(C)C)cc23)c1C. The number of aromatic nitrogens is 4. The maximum atomic E-state index is 13.6. The predicted octanol–water partition coefficient (Wildman–Crippen LogP) is 4.00. The number of anilines is 2. The summed E-state index contributed by atoms with van der Waals surface area (Å²) >= 11 is 0. The standard InChI is InChI=1S/C25H34N8O3S/c1-15-16(2)31-32-23(15)30-24-18-10-21(37(34,35)25(3,4)5)20(11-19(18)28-14-29-24)36-13-17-6-8-33(9-7-17)22(27)12-26/h10-12,14,17,26-27H,6-9,13H2,1-5H3,(H2,28,29,30,31,32). The van der Waals surface area contributed by atoms with Crippen LogP contribution in [0.15, 0.2) is 23.4 Å². The Morgan fingerprint density at radius 2 is 1.92 bits per heavy atom. The Bertz CT molecular complexity index is 1430. The van der Waals surface area contributed by atoms with E-state index in [1.807, 2.05) is 18.7 Å². The largest absolute Gasteiger partial charge is 0.492 e. The molecule has 0 saturated carbocycles. The van der Waals surface area contributed by atoms with Crippen molar-refractivity contribution in [2.45, 2.75) is 57.1 Å². The highest BCUT2D eigenvalue weighted by molar-refractivity contribution is 7.92. The van der Waals surface area contributed by atoms with Crippen LogP contribution in [0.2, 0.25) is 0 Å². The van der Waals surface area contributed by atoms with Crippen LogP contribution in [-0.2, 0) is 9.84 Å². The van der Waals surface area contributed by atoms with Gasteiger partial charge in [-0.05, 0) is 59.4 Å². The van der Waals surface area contributed by atoms with Crippen LogP contribution in [0.25, 0.3) is 10.9 Å². The molecule has 12 heteroatoms. The quantitative estimate of drug-likeness (QED) is 0.265. The number of amidine groups is 1. The zero-order valence-electron chi connectivity index (χ0n) is 21.8. The number of nitrogens with one attached hydrogen (secondary N) is 4. The molecule has 198 valence electrons. The van der Waals surface area contributed by atoms with Crippen LogP contribution in [-0.4, -0.2) is 70.0 Å². The lowest BCUT2D eigenvalue weighted by atomic mass is 9.98. The first-order valence-corrected chi connectivity index (χ1v) is 13.7. The third-order valence-electron chi connectivity index (χ3n) is 6.85. The lowest BCUT2D eigenvalue weighted by Crippen LogP contribution is -2.39. The smallest absolute Gasteiger partial charge is 0.186 e. The highest BCUT2D eigenvalue weighted by atomic mass is 32.2. The lowest BCUT2D eigenvalue weighted by molar-refractivity contribution is 0.179. The maximum absolute atomic E-state index is 13.6. The summed E-state index contributed by atoms with van der Waals surface area (Å²) in [7, 11) is -3.76. The number of likely N-dealkylation sites (tertiary alicyclic amines) is 1. The molecule has 3 aromatic rings. The highest BCUT2D eigenvalue weighted by Gasteiger charge is 2.34. The minimum absolute atomic E-state index is 0.100. The van der Waals surface area contributed by atoms with E-state index in [-0.39, 0.29) is 22.4 Å². The number of sulfone groups is 1. The van der Waals surface area contributed by atoms with Crippen molar-refractivity contribution in [3.63, 3.8) is 0 Å². The fourth-order valence-corrected chi connectivity index (χ4v) is 5.49. The van der Waals surface area contributed by atoms with Gasteiger partial charge in [-0.3, -0.25) is 10.5 Å². The number of ether oxygens (including phenoxy) is 1. The van der Waals surface area contributed by atoms with Crippen LogP contribution >= 0.6 is 0 Å². The summed E-state index contributed by atoms with van der Waals surface area (Å²) in [5, 5.41) is 26.1. The number of H-pyrrole nitrogens is 1. The number of benzene rings is 1. The van der Waals surface area contributed by atoms with Crippen molar-refractivity contribution in [3.05, 3.63) is 29.7 Å². The maximum Gasteiger partial charge on any atom is 0.186 e. The van der Waals surface area contributed by atoms with Crippen LogP contribution in [0, 0.1) is 30.6 Å². The van der Waals surface area contributed by atoms with Crippen LogP contribution in [0.4, 0.5) is 11.6 Å². The molecule has 1 fully saturated rings. The number of nitrogens with zero attached hydrogens (tertiary/aromatic N) is 4. The Morgan fingerprint density at radius 3 is 2.51 bits per heavy atom. The number of aromatic amines is 1. The van der Waals surface area contributed by atoms with Gasteiger partial charge in [-0.25, -0.2) is 18.4 Å². The molecular formula is C25H34N8O3S. The summed E-state index contributed by atoms with van der Waals surface area (Å²) in [6, 6.07) is 3.26. The van der Waals surface area contributed by atoms with Crippen molar-refractivity contribution >= 4 is 44.4 Å². The fourth-order valence-electron chi connectivity index (χ4n) is 4.17. The number of hydrogen-bond donors (Lipinski definition) is 4. The van der Waals surface area contributed by atoms with Gasteiger partial charge in [-0.15, -0.1) is 0 Å². The molecule has 0 aliphatic carbocycles. The Labute approximate surface area is 217 Å². The van der Waals surface area contributed by atoms with Gasteiger partial charge in [0, 0.05) is 35.8 Å². The molecule has 0 amide bonds. The first-order valence-electron chi connectivity index (χ1n) is 12.2. The second-order valence-corrected chi connectivity index (χ2v) is 13.0. The zero-order valence-corrected chi connectivity index (χ0v) is 22.7. The predicted molar refractivity (Wildman–Crippen MR) is 144 cm³/mol. The molecule has 0 spiro atoms. The van der Waals surface area contributed by atoms with Crippen molar-refractivity contribution < 1.29 is 13.2 Å². The summed E-state index contributed by atoms with van der Waals surface area (Å²) in [6.45, 7) is 10.5. The minimum atomic E-state index is -3.76. The van der Waals surface area contributed by atoms with Gasteiger partial charge in [0.25, 0.3) is 0 Å². The zero-order chi connectivity index (χ0) is 27.0. The molecule has 1 aromatic carbocycles. The molecule has 1 aliphatic heterocycles. The lowest BCUT2D eigenvalue weighted by Gasteiger charge is -2.32. The van der Waals surface area contributed by atoms with Gasteiger partial charge in [0.05, 0.1) is 23.1 Å². The Balaban J connectivity index is 1.68. The number of piperidine rings is 1. The van der Waals surface area contributed by atoms with E-state index in [1.54, 1.807) is 32.9 Å². The van der Waals surface area contributed by atoms with Crippen molar-refractivity contribution in [3.8, 4) is 5.75 Å². The van der Waals surface area contributed by atoms with Crippen molar-refractivity contribution in [2.24, 2.45) is 5.92 Å². The summed E-state index contributed by atoms with van der Waals surface area (Å²) in [4.78, 5) is 10.7. The summed E-state index contributed by atoms with van der Waals surface area (Å²) in [5.74, 6) is 1.76. The molecule has 11 nitrogen and oxygen atoms in total. The molecular weight excluding hydrogens is 492 g/mol. The fraction of sp³-hybridized carbons (Fsp3) is 0.480. The normalized spacial score (nSPS) is 15.1. The van der Waals surface area contributed by atoms with E-state index in [0.717, 1.165) is 30.3 Å². The van der Waals surface area contributed by atoms with Crippen molar-refractivity contribution in [1.82, 2.24) is 25.1 Å².